The first-order valence-electron chi connectivity index (χ1n) is 4.35. The summed E-state index contributed by atoms with van der Waals surface area (Å²) >= 11 is 0. The van der Waals surface area contributed by atoms with Crippen molar-refractivity contribution in [1.82, 2.24) is 4.98 Å². The molecule has 0 saturated heterocycles. The molecule has 0 saturated carbocycles. The smallest absolute Gasteiger partial charge is 0.170 e. The van der Waals surface area contributed by atoms with Crippen LogP contribution in [0.1, 0.15) is 0 Å². The molecule has 1 aromatic heterocycles. The van der Waals surface area contributed by atoms with E-state index in [2.05, 4.69) is 42.9 Å². The Balaban J connectivity index is 2.73. The fourth-order valence-corrected chi connectivity index (χ4v) is 1.61. The molecule has 1 aromatic carbocycles. The molecular formula is C10H12BN. The minimum Gasteiger partial charge on any atom is -0.361 e. The maximum absolute atomic E-state index is 3.21. The maximum Gasteiger partial charge on any atom is 0.170 e. The Labute approximate surface area is 72.9 Å². The van der Waals surface area contributed by atoms with E-state index in [9.17, 15) is 0 Å². The van der Waals surface area contributed by atoms with E-state index < -0.39 is 0 Å². The Morgan fingerprint density at radius 2 is 2.00 bits per heavy atom. The fourth-order valence-electron chi connectivity index (χ4n) is 1.61. The lowest BCUT2D eigenvalue weighted by atomic mass is 9.49. The molecule has 0 spiro atoms. The summed E-state index contributed by atoms with van der Waals surface area (Å²) in [7, 11) is 0. The number of benzene rings is 1. The summed E-state index contributed by atoms with van der Waals surface area (Å²) in [5.74, 6) is 0. The van der Waals surface area contributed by atoms with Gasteiger partial charge in [-0.05, 0) is 17.5 Å². The topological polar surface area (TPSA) is 15.8 Å². The molecule has 2 heteroatoms. The largest absolute Gasteiger partial charge is 0.361 e. The van der Waals surface area contributed by atoms with Crippen LogP contribution in [-0.2, 0) is 0 Å². The third kappa shape index (κ3) is 1.04. The third-order valence-electron chi connectivity index (χ3n) is 2.25. The van der Waals surface area contributed by atoms with Crippen LogP contribution in [0.5, 0.6) is 0 Å². The van der Waals surface area contributed by atoms with E-state index in [1.54, 1.807) is 0 Å². The Hall–Kier alpha value is -1.18. The normalized spacial score (nSPS) is 10.5. The van der Waals surface area contributed by atoms with E-state index in [4.69, 9.17) is 0 Å². The summed E-state index contributed by atoms with van der Waals surface area (Å²) in [5, 5.41) is 1.35. The molecule has 2 aromatic rings. The lowest BCUT2D eigenvalue weighted by Crippen LogP contribution is -2.22. The van der Waals surface area contributed by atoms with E-state index in [-0.39, 0.29) is 0 Å². The highest BCUT2D eigenvalue weighted by Crippen LogP contribution is 2.09. The van der Waals surface area contributed by atoms with E-state index in [1.807, 2.05) is 6.20 Å². The molecule has 12 heavy (non-hydrogen) atoms. The number of nitrogens with one attached hydrogen (secondary N) is 1. The van der Waals surface area contributed by atoms with Crippen LogP contribution in [-0.4, -0.2) is 11.7 Å². The number of fused-ring (bicyclic) bond motifs is 1. The van der Waals surface area contributed by atoms with Crippen molar-refractivity contribution in [2.75, 3.05) is 0 Å². The van der Waals surface area contributed by atoms with E-state index >= 15 is 0 Å². The predicted octanol–water partition coefficient (Wildman–Crippen LogP) is 2.13. The van der Waals surface area contributed by atoms with Crippen LogP contribution in [0.4, 0.5) is 0 Å². The highest BCUT2D eigenvalue weighted by Gasteiger charge is 2.06. The van der Waals surface area contributed by atoms with Crippen LogP contribution in [0.15, 0.2) is 30.5 Å². The van der Waals surface area contributed by atoms with Gasteiger partial charge in [-0.15, -0.1) is 0 Å². The van der Waals surface area contributed by atoms with Crippen LogP contribution >= 0.6 is 0 Å². The summed E-state index contributed by atoms with van der Waals surface area (Å²) < 4.78 is 0. The highest BCUT2D eigenvalue weighted by molar-refractivity contribution is 6.73. The van der Waals surface area contributed by atoms with Gasteiger partial charge in [-0.2, -0.15) is 0 Å². The van der Waals surface area contributed by atoms with Crippen molar-refractivity contribution in [3.63, 3.8) is 0 Å². The second-order valence-corrected chi connectivity index (χ2v) is 3.44. The monoisotopic (exact) mass is 157 g/mol. The molecule has 60 valence electrons. The van der Waals surface area contributed by atoms with E-state index in [1.165, 1.54) is 16.4 Å². The van der Waals surface area contributed by atoms with Crippen LogP contribution < -0.4 is 5.46 Å². The van der Waals surface area contributed by atoms with Crippen LogP contribution in [0.2, 0.25) is 13.6 Å². The van der Waals surface area contributed by atoms with Crippen molar-refractivity contribution in [3.8, 4) is 0 Å². The lowest BCUT2D eigenvalue weighted by molar-refractivity contribution is 1.48. The van der Waals surface area contributed by atoms with Gasteiger partial charge >= 0.3 is 0 Å². The molecule has 0 aliphatic heterocycles. The molecule has 0 fully saturated rings. The molecule has 2 rings (SSSR count). The molecule has 1 nitrogen and oxygen atoms in total. The molecule has 1 N–H and O–H groups in total. The average molecular weight is 157 g/mol. The van der Waals surface area contributed by atoms with Crippen molar-refractivity contribution >= 4 is 23.1 Å². The fraction of sp³-hybridized carbons (Fsp3) is 0.200. The van der Waals surface area contributed by atoms with Crippen molar-refractivity contribution < 1.29 is 0 Å². The number of hydrogen-bond donors (Lipinski definition) is 1. The lowest BCUT2D eigenvalue weighted by Gasteiger charge is -2.03. The quantitative estimate of drug-likeness (QED) is 0.610. The number of hydrogen-bond acceptors (Lipinski definition) is 0. The van der Waals surface area contributed by atoms with Gasteiger partial charge in [-0.1, -0.05) is 31.2 Å². The second-order valence-electron chi connectivity index (χ2n) is 3.44. The standard InChI is InChI=1S/C10H12BN/c1-11(2)9-4-3-5-10-8(9)6-7-12-10/h3-7,12H,1-2H3. The highest BCUT2D eigenvalue weighted by atomic mass is 14.7. The number of H-pyrrole nitrogens is 1. The van der Waals surface area contributed by atoms with Crippen LogP contribution in [0.25, 0.3) is 10.9 Å². The first kappa shape index (κ1) is 7.47. The molecule has 1 heterocycles. The molecular weight excluding hydrogens is 145 g/mol. The zero-order chi connectivity index (χ0) is 8.55. The summed E-state index contributed by atoms with van der Waals surface area (Å²) in [6, 6.07) is 8.56. The van der Waals surface area contributed by atoms with Crippen molar-refractivity contribution in [1.29, 1.82) is 0 Å². The van der Waals surface area contributed by atoms with Gasteiger partial charge in [0, 0.05) is 11.7 Å². The Morgan fingerprint density at radius 3 is 2.75 bits per heavy atom. The molecule has 0 unspecified atom stereocenters. The van der Waals surface area contributed by atoms with Crippen LogP contribution in [0, 0.1) is 0 Å². The zero-order valence-corrected chi connectivity index (χ0v) is 7.46. The Bertz CT molecular complexity index is 389. The Kier molecular flexibility index (Phi) is 1.68. The SMILES string of the molecule is CB(C)c1cccc2[nH]ccc12. The first-order chi connectivity index (χ1) is 5.79. The zero-order valence-electron chi connectivity index (χ0n) is 7.46. The van der Waals surface area contributed by atoms with Gasteiger partial charge < -0.3 is 4.98 Å². The molecule has 0 atom stereocenters. The third-order valence-corrected chi connectivity index (χ3v) is 2.25. The number of aromatic amines is 1. The van der Waals surface area contributed by atoms with E-state index in [0.29, 0.717) is 6.71 Å². The van der Waals surface area contributed by atoms with Crippen LogP contribution in [0.3, 0.4) is 0 Å². The summed E-state index contributed by atoms with van der Waals surface area (Å²) in [6.07, 6.45) is 2.00. The van der Waals surface area contributed by atoms with Gasteiger partial charge in [0.15, 0.2) is 6.71 Å². The molecule has 0 aliphatic rings. The minimum atomic E-state index is 0.601. The molecule has 0 bridgehead atoms. The summed E-state index contributed by atoms with van der Waals surface area (Å²) in [6.45, 7) is 5.05. The number of rotatable bonds is 1. The van der Waals surface area contributed by atoms with Gasteiger partial charge in [0.1, 0.15) is 0 Å². The molecule has 0 aliphatic carbocycles. The van der Waals surface area contributed by atoms with E-state index in [0.717, 1.165) is 0 Å². The van der Waals surface area contributed by atoms with Gasteiger partial charge in [-0.3, -0.25) is 0 Å². The summed E-state index contributed by atoms with van der Waals surface area (Å²) in [4.78, 5) is 3.21. The van der Waals surface area contributed by atoms with Crippen molar-refractivity contribution in [3.05, 3.63) is 30.5 Å². The second kappa shape index (κ2) is 2.70. The first-order valence-corrected chi connectivity index (χ1v) is 4.35. The molecule has 0 amide bonds. The Morgan fingerprint density at radius 1 is 1.17 bits per heavy atom. The van der Waals surface area contributed by atoms with Gasteiger partial charge in [0.2, 0.25) is 0 Å². The molecule has 0 radical (unpaired) electrons. The minimum absolute atomic E-state index is 0.601. The maximum atomic E-state index is 3.21. The van der Waals surface area contributed by atoms with Gasteiger partial charge in [0.05, 0.1) is 0 Å². The van der Waals surface area contributed by atoms with Gasteiger partial charge in [-0.25, -0.2) is 0 Å². The van der Waals surface area contributed by atoms with Crippen molar-refractivity contribution in [2.24, 2.45) is 0 Å². The number of aromatic nitrogens is 1. The predicted molar refractivity (Wildman–Crippen MR) is 55.4 cm³/mol. The van der Waals surface area contributed by atoms with Gasteiger partial charge in [0.25, 0.3) is 0 Å². The van der Waals surface area contributed by atoms with Crippen molar-refractivity contribution in [2.45, 2.75) is 13.6 Å². The average Bonchev–Trinajstić information content (AvgIpc) is 2.49. The summed E-state index contributed by atoms with van der Waals surface area (Å²) in [5.41, 5.74) is 2.66.